The summed E-state index contributed by atoms with van der Waals surface area (Å²) in [6.07, 6.45) is 7.13. The van der Waals surface area contributed by atoms with Gasteiger partial charge in [-0.15, -0.1) is 0 Å². The lowest BCUT2D eigenvalue weighted by molar-refractivity contribution is 0.0218. The van der Waals surface area contributed by atoms with Gasteiger partial charge in [-0.25, -0.2) is 4.98 Å². The van der Waals surface area contributed by atoms with Gasteiger partial charge in [-0.3, -0.25) is 14.7 Å². The molecule has 3 heterocycles. The normalized spacial score (nSPS) is 18.0. The van der Waals surface area contributed by atoms with Crippen LogP contribution in [0.3, 0.4) is 0 Å². The number of anilines is 1. The molecule has 0 radical (unpaired) electrons. The van der Waals surface area contributed by atoms with E-state index in [4.69, 9.17) is 15.2 Å². The molecule has 1 unspecified atom stereocenters. The highest BCUT2D eigenvalue weighted by Crippen LogP contribution is 2.31. The van der Waals surface area contributed by atoms with E-state index in [9.17, 15) is 4.79 Å². The molecule has 2 aromatic carbocycles. The summed E-state index contributed by atoms with van der Waals surface area (Å²) in [6.45, 7) is 12.5. The summed E-state index contributed by atoms with van der Waals surface area (Å²) in [5.74, 6) is -0.113. The van der Waals surface area contributed by atoms with E-state index in [0.717, 1.165) is 42.6 Å². The molecule has 2 aliphatic rings. The molecule has 8 nitrogen and oxygen atoms in total. The first-order chi connectivity index (χ1) is 20.8. The van der Waals surface area contributed by atoms with Gasteiger partial charge in [0.15, 0.2) is 0 Å². The third-order valence-corrected chi connectivity index (χ3v) is 8.39. The summed E-state index contributed by atoms with van der Waals surface area (Å²) in [6, 6.07) is 18.9. The number of nitrogens with zero attached hydrogens (tertiary/aromatic N) is 3. The molecule has 2 atom stereocenters. The molecule has 0 spiro atoms. The highest BCUT2D eigenvalue weighted by atomic mass is 16.5. The van der Waals surface area contributed by atoms with Crippen molar-refractivity contribution in [3.8, 4) is 11.1 Å². The van der Waals surface area contributed by atoms with Crippen LogP contribution in [0.15, 0.2) is 72.0 Å². The monoisotopic (exact) mass is 581 g/mol. The fourth-order valence-electron chi connectivity index (χ4n) is 5.65. The van der Waals surface area contributed by atoms with Crippen molar-refractivity contribution in [1.82, 2.24) is 15.2 Å². The van der Waals surface area contributed by atoms with Gasteiger partial charge in [0.05, 0.1) is 31.4 Å². The van der Waals surface area contributed by atoms with E-state index in [0.29, 0.717) is 25.4 Å². The Labute approximate surface area is 255 Å². The second kappa shape index (κ2) is 13.6. The molecule has 2 aliphatic heterocycles. The molecule has 0 bridgehead atoms. The zero-order chi connectivity index (χ0) is 30.4. The Morgan fingerprint density at radius 1 is 1.02 bits per heavy atom. The number of carbonyl (C=O) groups excluding carboxylic acids is 1. The van der Waals surface area contributed by atoms with Crippen LogP contribution in [0.4, 0.5) is 5.82 Å². The Morgan fingerprint density at radius 2 is 1.67 bits per heavy atom. The Bertz CT molecular complexity index is 1460. The average molecular weight is 582 g/mol. The van der Waals surface area contributed by atoms with Gasteiger partial charge < -0.3 is 20.5 Å². The average Bonchev–Trinajstić information content (AvgIpc) is 3.43. The third-order valence-electron chi connectivity index (χ3n) is 8.39. The van der Waals surface area contributed by atoms with Gasteiger partial charge in [0.2, 0.25) is 0 Å². The number of nitrogen functional groups attached to an aromatic ring is 1. The molecule has 3 aromatic rings. The fourth-order valence-corrected chi connectivity index (χ4v) is 5.65. The van der Waals surface area contributed by atoms with E-state index in [1.54, 1.807) is 24.7 Å². The van der Waals surface area contributed by atoms with Crippen molar-refractivity contribution in [3.05, 3.63) is 89.2 Å². The van der Waals surface area contributed by atoms with E-state index >= 15 is 0 Å². The number of rotatable bonds is 13. The summed E-state index contributed by atoms with van der Waals surface area (Å²) in [5.41, 5.74) is 12.8. The highest BCUT2D eigenvalue weighted by molar-refractivity contribution is 6.15. The number of allylic oxidation sites excluding steroid dienone is 1. The molecule has 8 heteroatoms. The molecule has 0 aliphatic carbocycles. The number of nitrogens with two attached hydrogens (primary N) is 1. The second-order valence-corrected chi connectivity index (χ2v) is 11.8. The van der Waals surface area contributed by atoms with E-state index in [-0.39, 0.29) is 29.4 Å². The largest absolute Gasteiger partial charge is 0.383 e. The number of benzene rings is 2. The van der Waals surface area contributed by atoms with Crippen molar-refractivity contribution >= 4 is 23.5 Å². The molecule has 1 saturated heterocycles. The molecule has 43 heavy (non-hydrogen) atoms. The van der Waals surface area contributed by atoms with Gasteiger partial charge in [0, 0.05) is 35.3 Å². The molecular weight excluding hydrogens is 538 g/mol. The number of pyridine rings is 1. The maximum Gasteiger partial charge on any atom is 0.255 e. The Morgan fingerprint density at radius 3 is 2.28 bits per heavy atom. The van der Waals surface area contributed by atoms with Gasteiger partial charge in [-0.1, -0.05) is 62.4 Å². The van der Waals surface area contributed by atoms with Crippen LogP contribution in [0.1, 0.15) is 67.6 Å². The zero-order valence-electron chi connectivity index (χ0n) is 25.7. The van der Waals surface area contributed by atoms with Crippen LogP contribution in [0.5, 0.6) is 0 Å². The van der Waals surface area contributed by atoms with Crippen LogP contribution in [-0.2, 0) is 21.6 Å². The Balaban J connectivity index is 1.17. The number of hydrogen-bond acceptors (Lipinski definition) is 7. The quantitative estimate of drug-likeness (QED) is 0.264. The van der Waals surface area contributed by atoms with Crippen LogP contribution < -0.4 is 11.1 Å². The summed E-state index contributed by atoms with van der Waals surface area (Å²) in [5, 5.41) is 3.03. The van der Waals surface area contributed by atoms with Crippen molar-refractivity contribution in [1.29, 1.82) is 0 Å². The SMILES string of the molecule is CCCN(CCC)C(C)(C)c1ccc(-c2ccc(COC3COC[C@@H]3NC(=O)c3cc(C4=CN=C4)cnc3N)cc2)cc1. The minimum Gasteiger partial charge on any atom is -0.383 e. The molecule has 1 aromatic heterocycles. The summed E-state index contributed by atoms with van der Waals surface area (Å²) >= 11 is 0. The van der Waals surface area contributed by atoms with Gasteiger partial charge >= 0.3 is 0 Å². The van der Waals surface area contributed by atoms with E-state index in [1.165, 1.54) is 16.7 Å². The number of aromatic nitrogens is 1. The fraction of sp³-hybridized carbons (Fsp3) is 0.400. The number of hydrogen-bond donors (Lipinski definition) is 2. The maximum atomic E-state index is 13.1. The number of nitrogens with one attached hydrogen (secondary N) is 1. The van der Waals surface area contributed by atoms with Crippen molar-refractivity contribution in [2.24, 2.45) is 4.99 Å². The lowest BCUT2D eigenvalue weighted by Crippen LogP contribution is -2.44. The Hall–Kier alpha value is -3.85. The smallest absolute Gasteiger partial charge is 0.255 e. The summed E-state index contributed by atoms with van der Waals surface area (Å²) in [7, 11) is 0. The van der Waals surface area contributed by atoms with Crippen molar-refractivity contribution < 1.29 is 14.3 Å². The number of carbonyl (C=O) groups is 1. The number of aliphatic imine (C=N–C) groups is 1. The Kier molecular flexibility index (Phi) is 9.70. The number of amides is 1. The first-order valence-corrected chi connectivity index (χ1v) is 15.2. The first-order valence-electron chi connectivity index (χ1n) is 15.2. The molecule has 3 N–H and O–H groups in total. The van der Waals surface area contributed by atoms with E-state index in [1.807, 2.05) is 0 Å². The van der Waals surface area contributed by atoms with Crippen LogP contribution >= 0.6 is 0 Å². The van der Waals surface area contributed by atoms with E-state index in [2.05, 4.69) is 96.4 Å². The van der Waals surface area contributed by atoms with E-state index < -0.39 is 0 Å². The van der Waals surface area contributed by atoms with Gasteiger partial charge in [0.1, 0.15) is 11.9 Å². The third kappa shape index (κ3) is 7.04. The number of ether oxygens (including phenoxy) is 2. The predicted octanol–water partition coefficient (Wildman–Crippen LogP) is 5.83. The standard InChI is InChI=1S/C35H43N5O3/c1-5-15-40(16-6-2)35(3,4)29-13-11-26(12-14-29)25-9-7-24(8-10-25)21-43-32-23-42-22-31(32)39-34(41)30-17-27(20-38-33(30)36)28-18-37-19-28/h7-14,17-20,31-32H,5-6,15-16,21-23H2,1-4H3,(H2,36,38)(H,39,41)/t31-,32?/m0/s1. The van der Waals surface area contributed by atoms with Crippen LogP contribution in [-0.4, -0.2) is 60.5 Å². The van der Waals surface area contributed by atoms with Crippen molar-refractivity contribution in [2.75, 3.05) is 32.0 Å². The molecular formula is C35H43N5O3. The van der Waals surface area contributed by atoms with Gasteiger partial charge in [-0.2, -0.15) is 0 Å². The molecule has 226 valence electrons. The molecule has 1 amide bonds. The lowest BCUT2D eigenvalue weighted by Gasteiger charge is -2.39. The molecule has 1 fully saturated rings. The lowest BCUT2D eigenvalue weighted by atomic mass is 9.90. The highest BCUT2D eigenvalue weighted by Gasteiger charge is 2.31. The zero-order valence-corrected chi connectivity index (χ0v) is 25.7. The molecule has 5 rings (SSSR count). The second-order valence-electron chi connectivity index (χ2n) is 11.8. The van der Waals surface area contributed by atoms with Gasteiger partial charge in [0.25, 0.3) is 5.91 Å². The minimum absolute atomic E-state index is 0.0102. The van der Waals surface area contributed by atoms with Crippen molar-refractivity contribution in [3.63, 3.8) is 0 Å². The predicted molar refractivity (Wildman–Crippen MR) is 173 cm³/mol. The van der Waals surface area contributed by atoms with Crippen LogP contribution in [0.25, 0.3) is 16.7 Å². The van der Waals surface area contributed by atoms with Crippen LogP contribution in [0, 0.1) is 0 Å². The maximum absolute atomic E-state index is 13.1. The van der Waals surface area contributed by atoms with Gasteiger partial charge in [-0.05, 0) is 68.1 Å². The summed E-state index contributed by atoms with van der Waals surface area (Å²) < 4.78 is 11.8. The van der Waals surface area contributed by atoms with Crippen LogP contribution in [0.2, 0.25) is 0 Å². The molecule has 0 saturated carbocycles. The minimum atomic E-state index is -0.296. The first kappa shape index (κ1) is 30.6. The summed E-state index contributed by atoms with van der Waals surface area (Å²) in [4.78, 5) is 23.8. The topological polar surface area (TPSA) is 102 Å². The van der Waals surface area contributed by atoms with Crippen molar-refractivity contribution in [2.45, 2.75) is 64.8 Å².